The number of aliphatic hydroxyl groups excluding tert-OH is 1. The van der Waals surface area contributed by atoms with Gasteiger partial charge in [0.25, 0.3) is 0 Å². The van der Waals surface area contributed by atoms with E-state index < -0.39 is 30.9 Å². The summed E-state index contributed by atoms with van der Waals surface area (Å²) in [6, 6.07) is 0. The van der Waals surface area contributed by atoms with Gasteiger partial charge in [-0.3, -0.25) is 4.79 Å². The van der Waals surface area contributed by atoms with Crippen LogP contribution >= 0.6 is 0 Å². The molecule has 0 radical (unpaired) electrons. The topological polar surface area (TPSA) is 37.3 Å². The molecule has 0 aromatic heterocycles. The molecule has 1 atom stereocenters. The predicted molar refractivity (Wildman–Crippen MR) is 31.9 cm³/mol. The minimum Gasteiger partial charge on any atom is -0.396 e. The third kappa shape index (κ3) is 3.36. The molecule has 11 heavy (non-hydrogen) atoms. The third-order valence-corrected chi connectivity index (χ3v) is 1.33. The first kappa shape index (κ1) is 10.4. The number of Topliss-reactive ketones (excluding diaryl/α,β-unsaturated/α-hetero) is 1. The molecule has 0 aromatic carbocycles. The van der Waals surface area contributed by atoms with Gasteiger partial charge in [-0.1, -0.05) is 0 Å². The van der Waals surface area contributed by atoms with Crippen LogP contribution in [0.4, 0.5) is 13.2 Å². The molecule has 66 valence electrons. The van der Waals surface area contributed by atoms with E-state index in [-0.39, 0.29) is 0 Å². The molecule has 0 aromatic rings. The molecule has 0 spiro atoms. The second-order valence-corrected chi connectivity index (χ2v) is 2.20. The summed E-state index contributed by atoms with van der Waals surface area (Å²) in [5, 5.41) is 8.16. The zero-order chi connectivity index (χ0) is 9.07. The third-order valence-electron chi connectivity index (χ3n) is 1.33. The first-order valence-electron chi connectivity index (χ1n) is 3.10. The summed E-state index contributed by atoms with van der Waals surface area (Å²) in [6.45, 7) is 0.261. The fraction of sp³-hybridized carbons (Fsp3) is 0.833. The highest BCUT2D eigenvalue weighted by atomic mass is 19.4. The van der Waals surface area contributed by atoms with Crippen LogP contribution in [0.15, 0.2) is 0 Å². The molecule has 0 bridgehead atoms. The van der Waals surface area contributed by atoms with Crippen LogP contribution in [0.25, 0.3) is 0 Å². The molecule has 0 saturated carbocycles. The van der Waals surface area contributed by atoms with Crippen LogP contribution in [0.1, 0.15) is 13.3 Å². The van der Waals surface area contributed by atoms with E-state index in [1.807, 2.05) is 0 Å². The van der Waals surface area contributed by atoms with Crippen LogP contribution in [0, 0.1) is 5.92 Å². The van der Waals surface area contributed by atoms with E-state index >= 15 is 0 Å². The van der Waals surface area contributed by atoms with Crippen molar-refractivity contribution < 1.29 is 23.1 Å². The van der Waals surface area contributed by atoms with Gasteiger partial charge < -0.3 is 5.11 Å². The number of hydrogen-bond donors (Lipinski definition) is 1. The van der Waals surface area contributed by atoms with Crippen molar-refractivity contribution in [2.75, 3.05) is 6.61 Å². The van der Waals surface area contributed by atoms with Crippen LogP contribution in [0.2, 0.25) is 0 Å². The number of alkyl halides is 3. The largest absolute Gasteiger partial charge is 0.398 e. The summed E-state index contributed by atoms with van der Waals surface area (Å²) < 4.78 is 35.2. The Morgan fingerprint density at radius 1 is 1.55 bits per heavy atom. The summed E-state index contributed by atoms with van der Waals surface area (Å²) in [4.78, 5) is 10.5. The van der Waals surface area contributed by atoms with Crippen molar-refractivity contribution in [1.29, 1.82) is 0 Å². The summed E-state index contributed by atoms with van der Waals surface area (Å²) in [7, 11) is 0. The average Bonchev–Trinajstić information content (AvgIpc) is 1.85. The van der Waals surface area contributed by atoms with Crippen molar-refractivity contribution in [1.82, 2.24) is 0 Å². The number of halogens is 3. The maximum Gasteiger partial charge on any atom is 0.398 e. The molecule has 1 N–H and O–H groups in total. The second-order valence-electron chi connectivity index (χ2n) is 2.20. The summed E-state index contributed by atoms with van der Waals surface area (Å²) >= 11 is 0. The molecule has 0 aliphatic carbocycles. The van der Waals surface area contributed by atoms with Gasteiger partial charge in [0.1, 0.15) is 11.7 Å². The molecule has 0 amide bonds. The lowest BCUT2D eigenvalue weighted by Crippen LogP contribution is -2.28. The lowest BCUT2D eigenvalue weighted by atomic mass is 10.0. The van der Waals surface area contributed by atoms with Gasteiger partial charge in [0, 0.05) is 13.0 Å². The van der Waals surface area contributed by atoms with Gasteiger partial charge in [-0.2, -0.15) is 13.2 Å². The highest BCUT2D eigenvalue weighted by Crippen LogP contribution is 2.26. The van der Waals surface area contributed by atoms with E-state index in [1.54, 1.807) is 0 Å². The van der Waals surface area contributed by atoms with Crippen molar-refractivity contribution in [2.24, 2.45) is 5.92 Å². The SMILES string of the molecule is CC(C(=O)CCO)C(F)(F)F. The highest BCUT2D eigenvalue weighted by Gasteiger charge is 2.40. The Morgan fingerprint density at radius 2 is 2.00 bits per heavy atom. The Morgan fingerprint density at radius 3 is 2.27 bits per heavy atom. The minimum atomic E-state index is -4.48. The van der Waals surface area contributed by atoms with Crippen molar-refractivity contribution in [3.8, 4) is 0 Å². The standard InChI is InChI=1S/C6H9F3O2/c1-4(6(7,8)9)5(11)2-3-10/h4,10H,2-3H2,1H3. The van der Waals surface area contributed by atoms with E-state index in [1.165, 1.54) is 0 Å². The van der Waals surface area contributed by atoms with Gasteiger partial charge >= 0.3 is 6.18 Å². The molecule has 2 nitrogen and oxygen atoms in total. The quantitative estimate of drug-likeness (QED) is 0.689. The first-order valence-corrected chi connectivity index (χ1v) is 3.10. The van der Waals surface area contributed by atoms with E-state index in [4.69, 9.17) is 5.11 Å². The van der Waals surface area contributed by atoms with Gasteiger partial charge in [-0.05, 0) is 6.92 Å². The Balaban J connectivity index is 4.03. The lowest BCUT2D eigenvalue weighted by molar-refractivity contribution is -0.177. The lowest BCUT2D eigenvalue weighted by Gasteiger charge is -2.12. The fourth-order valence-corrected chi connectivity index (χ4v) is 0.509. The molecule has 0 aliphatic heterocycles. The molecular weight excluding hydrogens is 161 g/mol. The minimum absolute atomic E-state index is 0.430. The number of carbonyl (C=O) groups is 1. The van der Waals surface area contributed by atoms with E-state index in [9.17, 15) is 18.0 Å². The van der Waals surface area contributed by atoms with E-state index in [2.05, 4.69) is 0 Å². The van der Waals surface area contributed by atoms with Crippen LogP contribution in [-0.2, 0) is 4.79 Å². The predicted octanol–water partition coefficient (Wildman–Crippen LogP) is 1.14. The molecule has 0 fully saturated rings. The van der Waals surface area contributed by atoms with Gasteiger partial charge in [0.2, 0.25) is 0 Å². The highest BCUT2D eigenvalue weighted by molar-refractivity contribution is 5.81. The van der Waals surface area contributed by atoms with Gasteiger partial charge in [-0.15, -0.1) is 0 Å². The van der Waals surface area contributed by atoms with E-state index in [0.717, 1.165) is 6.92 Å². The molecule has 0 aliphatic rings. The molecular formula is C6H9F3O2. The smallest absolute Gasteiger partial charge is 0.396 e. The molecule has 0 saturated heterocycles. The van der Waals surface area contributed by atoms with E-state index in [0.29, 0.717) is 0 Å². The Hall–Kier alpha value is -0.580. The molecule has 5 heteroatoms. The zero-order valence-electron chi connectivity index (χ0n) is 5.98. The Kier molecular flexibility index (Phi) is 3.51. The zero-order valence-corrected chi connectivity index (χ0v) is 5.98. The number of aliphatic hydroxyl groups is 1. The van der Waals surface area contributed by atoms with Crippen LogP contribution in [0.5, 0.6) is 0 Å². The summed E-state index contributed by atoms with van der Waals surface area (Å²) in [5.74, 6) is -2.94. The maximum atomic E-state index is 11.7. The normalized spacial score (nSPS) is 14.6. The van der Waals surface area contributed by atoms with Crippen LogP contribution < -0.4 is 0 Å². The Bertz CT molecular complexity index is 141. The van der Waals surface area contributed by atoms with Crippen molar-refractivity contribution in [2.45, 2.75) is 19.5 Å². The van der Waals surface area contributed by atoms with Crippen molar-refractivity contribution in [3.05, 3.63) is 0 Å². The maximum absolute atomic E-state index is 11.7. The van der Waals surface area contributed by atoms with Crippen LogP contribution in [-0.4, -0.2) is 23.7 Å². The molecule has 0 rings (SSSR count). The van der Waals surface area contributed by atoms with Crippen molar-refractivity contribution in [3.63, 3.8) is 0 Å². The average molecular weight is 170 g/mol. The van der Waals surface area contributed by atoms with Crippen LogP contribution in [0.3, 0.4) is 0 Å². The van der Waals surface area contributed by atoms with Gasteiger partial charge in [0.15, 0.2) is 0 Å². The monoisotopic (exact) mass is 170 g/mol. The fourth-order valence-electron chi connectivity index (χ4n) is 0.509. The first-order chi connectivity index (χ1) is 4.89. The molecule has 0 heterocycles. The summed E-state index contributed by atoms with van der Waals surface area (Å²) in [6.07, 6.45) is -4.91. The number of hydrogen-bond acceptors (Lipinski definition) is 2. The number of rotatable bonds is 3. The Labute approximate surface area is 62.0 Å². The van der Waals surface area contributed by atoms with Gasteiger partial charge in [-0.25, -0.2) is 0 Å². The number of ketones is 1. The number of carbonyl (C=O) groups excluding carboxylic acids is 1. The van der Waals surface area contributed by atoms with Crippen molar-refractivity contribution >= 4 is 5.78 Å². The van der Waals surface area contributed by atoms with Gasteiger partial charge in [0.05, 0.1) is 0 Å². The second kappa shape index (κ2) is 3.71. The molecule has 1 unspecified atom stereocenters. The summed E-state index contributed by atoms with van der Waals surface area (Å²) in [5.41, 5.74) is 0.